The van der Waals surface area contributed by atoms with Crippen molar-refractivity contribution in [2.75, 3.05) is 23.3 Å². The zero-order valence-electron chi connectivity index (χ0n) is 48.4. The molecule has 4 aliphatic rings. The van der Waals surface area contributed by atoms with Gasteiger partial charge in [-0.1, -0.05) is 53.2 Å². The van der Waals surface area contributed by atoms with Crippen LogP contribution >= 0.6 is 0 Å². The van der Waals surface area contributed by atoms with Gasteiger partial charge in [-0.05, 0) is 137 Å². The maximum atomic E-state index is 15.2. The fourth-order valence-corrected chi connectivity index (χ4v) is 13.2. The van der Waals surface area contributed by atoms with Crippen LogP contribution in [0.5, 0.6) is 0 Å². The Hall–Kier alpha value is -10.1. The summed E-state index contributed by atoms with van der Waals surface area (Å²) in [4.78, 5) is 90.5. The number of primary amides is 2. The molecule has 8 N–H and O–H groups in total. The highest BCUT2D eigenvalue weighted by molar-refractivity contribution is 7.89. The molecule has 2 fully saturated rings. The monoisotopic (exact) mass is 1230 g/mol. The van der Waals surface area contributed by atoms with Gasteiger partial charge in [-0.2, -0.15) is 10.2 Å². The molecule has 23 nitrogen and oxygen atoms in total. The highest BCUT2D eigenvalue weighted by Crippen LogP contribution is 2.37. The summed E-state index contributed by atoms with van der Waals surface area (Å²) in [5.74, 6) is -3.07. The number of amides is 6. The minimum absolute atomic E-state index is 0.0414. The first kappa shape index (κ1) is 59.3. The number of alkyl halides is 2. The maximum absolute atomic E-state index is 15.2. The Labute approximate surface area is 508 Å². The number of nitrogens with zero attached hydrogens (tertiary/aromatic N) is 10. The van der Waals surface area contributed by atoms with Gasteiger partial charge in [0.25, 0.3) is 11.8 Å². The highest BCUT2D eigenvalue weighted by Gasteiger charge is 2.43. The number of fused-ring (bicyclic) bond motifs is 4. The van der Waals surface area contributed by atoms with E-state index in [0.717, 1.165) is 33.6 Å². The van der Waals surface area contributed by atoms with E-state index in [2.05, 4.69) is 35.8 Å². The summed E-state index contributed by atoms with van der Waals surface area (Å²) < 4.78 is 58.5. The van der Waals surface area contributed by atoms with Crippen molar-refractivity contribution in [3.63, 3.8) is 0 Å². The molecule has 0 radical (unpaired) electrons. The van der Waals surface area contributed by atoms with Crippen molar-refractivity contribution in [2.45, 2.75) is 108 Å². The standard InChI is InChI=1S/C63H61F2N15O8S/c1-3-36(37-12-17-51-46(24-37)57(59(66)83)73-79(51)33-56(82)78-31-43(65)27-54(78)63(86)72-50-16-11-39-23-44(89(68,87)88)14-15-45(39)50)9-6-22-76-29-40(19-21-70-76)38-13-18-52-47(25-38)58(60(67)84)74-80(52)34-55(81)77-30-42(64)26-53(77)62(85)71-49-10-4-8-41-28-75(32-48(41)49)61-35(2)7-5-20-69-61/h3-10,12-15,17-21,23-25,29,42-43,50,53-54H,11,16,22,26-28,30-34H2,1-2H3,(H7-,66,67,68,71,72,83,84,85,86,87,88)/p+1. The number of carbonyl (C=O) groups excluding carboxylic acids is 6. The van der Waals surface area contributed by atoms with Crippen LogP contribution in [-0.4, -0.2) is 121 Å². The number of sulfonamides is 1. The van der Waals surface area contributed by atoms with Crippen molar-refractivity contribution in [1.29, 1.82) is 0 Å². The number of hydrogen-bond donors (Lipinski definition) is 5. The third-order valence-electron chi connectivity index (χ3n) is 17.0. The Bertz CT molecular complexity index is 4430. The van der Waals surface area contributed by atoms with Crippen LogP contribution in [0.25, 0.3) is 38.5 Å². The van der Waals surface area contributed by atoms with Gasteiger partial charge in [-0.3, -0.25) is 38.1 Å². The largest absolute Gasteiger partial charge is 0.364 e. The van der Waals surface area contributed by atoms with Crippen LogP contribution in [-0.2, 0) is 68.3 Å². The van der Waals surface area contributed by atoms with Crippen molar-refractivity contribution < 1.29 is 50.6 Å². The number of aromatic nitrogens is 7. The van der Waals surface area contributed by atoms with Gasteiger partial charge in [-0.15, -0.1) is 0 Å². The summed E-state index contributed by atoms with van der Waals surface area (Å²) in [6.45, 7) is 3.78. The molecule has 8 aromatic rings. The topological polar surface area (TPSA) is 314 Å². The quantitative estimate of drug-likeness (QED) is 0.0606. The molecule has 2 saturated heterocycles. The average molecular weight is 1230 g/mol. The molecule has 6 amide bonds. The van der Waals surface area contributed by atoms with Gasteiger partial charge in [0.05, 0.1) is 41.3 Å². The second-order valence-corrected chi connectivity index (χ2v) is 24.3. The van der Waals surface area contributed by atoms with Crippen molar-refractivity contribution in [1.82, 2.24) is 44.8 Å². The number of hydrogen-bond acceptors (Lipinski definition) is 13. The molecule has 26 heteroatoms. The highest BCUT2D eigenvalue weighted by atomic mass is 32.2. The average Bonchev–Trinajstić information content (AvgIpc) is 1.82. The predicted molar refractivity (Wildman–Crippen MR) is 324 cm³/mol. The normalized spacial score (nSPS) is 19.1. The summed E-state index contributed by atoms with van der Waals surface area (Å²) in [6, 6.07) is 23.5. The van der Waals surface area contributed by atoms with E-state index in [1.807, 2.05) is 62.5 Å². The first-order chi connectivity index (χ1) is 42.7. The lowest BCUT2D eigenvalue weighted by Crippen LogP contribution is -2.47. The molecular weight excluding hydrogens is 1160 g/mol. The molecule has 89 heavy (non-hydrogen) atoms. The van der Waals surface area contributed by atoms with Gasteiger partial charge in [0.2, 0.25) is 39.8 Å². The van der Waals surface area contributed by atoms with Gasteiger partial charge in [0.15, 0.2) is 17.9 Å². The van der Waals surface area contributed by atoms with Crippen molar-refractivity contribution in [3.8, 4) is 11.1 Å². The van der Waals surface area contributed by atoms with E-state index in [1.54, 1.807) is 71.7 Å². The number of pyridine rings is 1. The van der Waals surface area contributed by atoms with E-state index < -0.39 is 89.0 Å². The number of nitrogens with one attached hydrogen (secondary N) is 2. The lowest BCUT2D eigenvalue weighted by Gasteiger charge is -2.25. The molecule has 1 aliphatic carbocycles. The summed E-state index contributed by atoms with van der Waals surface area (Å²) in [7, 11) is -3.93. The fraction of sp³-hybridized carbons (Fsp3) is 0.286. The third-order valence-corrected chi connectivity index (χ3v) is 17.9. The SMILES string of the molecule is CC=C(C=CC[n+]1cc(-c2ccc3c(c2)c(C(N)=O)nn3CC(=O)N2CC(F)CC2C(=O)Nc2cccc3c2CN(c2ncccc2C)C3)ccn1)c1ccc2c(c1)c(C(N)=O)nn2CC(=O)N1CC(F)CC1C(=O)NC1CCc2cc(S(N)(=O)=O)ccc21. The minimum Gasteiger partial charge on any atom is -0.364 e. The van der Waals surface area contributed by atoms with E-state index in [-0.39, 0.29) is 42.2 Å². The number of likely N-dealkylation sites (tertiary alicyclic amines) is 2. The number of primary sulfonamides is 1. The maximum Gasteiger partial charge on any atom is 0.269 e. The van der Waals surface area contributed by atoms with E-state index in [9.17, 15) is 37.2 Å². The van der Waals surface area contributed by atoms with Gasteiger partial charge < -0.3 is 36.8 Å². The number of rotatable bonds is 17. The molecule has 5 atom stereocenters. The molecule has 0 saturated carbocycles. The number of carbonyl (C=O) groups is 6. The van der Waals surface area contributed by atoms with Gasteiger partial charge in [-0.25, -0.2) is 27.3 Å². The van der Waals surface area contributed by atoms with Crippen LogP contribution in [0.4, 0.5) is 20.3 Å². The van der Waals surface area contributed by atoms with Crippen LogP contribution in [0.2, 0.25) is 0 Å². The van der Waals surface area contributed by atoms with Crippen molar-refractivity contribution in [2.24, 2.45) is 16.6 Å². The summed E-state index contributed by atoms with van der Waals surface area (Å²) in [5, 5.41) is 25.3. The summed E-state index contributed by atoms with van der Waals surface area (Å²) in [5.41, 5.74) is 20.1. The Balaban J connectivity index is 0.700. The zero-order chi connectivity index (χ0) is 62.6. The number of allylic oxidation sites excluding steroid dienone is 4. The Kier molecular flexibility index (Phi) is 15.9. The Morgan fingerprint density at radius 2 is 1.43 bits per heavy atom. The lowest BCUT2D eigenvalue weighted by molar-refractivity contribution is -0.744. The van der Waals surface area contributed by atoms with Crippen molar-refractivity contribution in [3.05, 3.63) is 173 Å². The number of anilines is 2. The second-order valence-electron chi connectivity index (χ2n) is 22.7. The van der Waals surface area contributed by atoms with Crippen molar-refractivity contribution >= 4 is 84.4 Å². The Morgan fingerprint density at radius 1 is 0.753 bits per heavy atom. The van der Waals surface area contributed by atoms with Gasteiger partial charge in [0.1, 0.15) is 43.3 Å². The predicted octanol–water partition coefficient (Wildman–Crippen LogP) is 4.78. The van der Waals surface area contributed by atoms with E-state index in [1.165, 1.54) is 31.3 Å². The molecule has 3 aliphatic heterocycles. The molecule has 5 unspecified atom stereocenters. The van der Waals surface area contributed by atoms with Crippen LogP contribution in [0.1, 0.15) is 86.6 Å². The van der Waals surface area contributed by atoms with Crippen LogP contribution in [0.15, 0.2) is 133 Å². The molecule has 0 spiro atoms. The molecule has 4 aromatic carbocycles. The molecule has 7 heterocycles. The molecular formula is C63H62F2N15O8S+. The minimum atomic E-state index is -3.93. The van der Waals surface area contributed by atoms with Crippen LogP contribution in [0.3, 0.4) is 0 Å². The summed E-state index contributed by atoms with van der Waals surface area (Å²) in [6.07, 6.45) is 8.40. The van der Waals surface area contributed by atoms with E-state index in [0.29, 0.717) is 82.2 Å². The first-order valence-corrected chi connectivity index (χ1v) is 30.5. The molecule has 4 aromatic heterocycles. The second kappa shape index (κ2) is 23.9. The smallest absolute Gasteiger partial charge is 0.269 e. The van der Waals surface area contributed by atoms with E-state index >= 15 is 8.78 Å². The Morgan fingerprint density at radius 3 is 2.09 bits per heavy atom. The number of aryl methyl sites for hydroxylation is 2. The first-order valence-electron chi connectivity index (χ1n) is 28.9. The van der Waals surface area contributed by atoms with Crippen LogP contribution in [0, 0.1) is 6.92 Å². The zero-order valence-corrected chi connectivity index (χ0v) is 49.2. The van der Waals surface area contributed by atoms with Gasteiger partial charge in [0, 0.05) is 54.2 Å². The molecule has 12 rings (SSSR count). The fourth-order valence-electron chi connectivity index (χ4n) is 12.6. The van der Waals surface area contributed by atoms with E-state index in [4.69, 9.17) is 16.6 Å². The molecule has 456 valence electrons. The summed E-state index contributed by atoms with van der Waals surface area (Å²) >= 11 is 0. The third kappa shape index (κ3) is 11.8. The van der Waals surface area contributed by atoms with Gasteiger partial charge >= 0.3 is 0 Å². The van der Waals surface area contributed by atoms with Crippen LogP contribution < -0.4 is 36.8 Å². The molecule has 0 bridgehead atoms. The lowest BCUT2D eigenvalue weighted by atomic mass is 10.0. The number of benzene rings is 4. The number of halogens is 2. The number of nitrogens with two attached hydrogens (primary N) is 3.